The highest BCUT2D eigenvalue weighted by molar-refractivity contribution is 7.90. The lowest BCUT2D eigenvalue weighted by Gasteiger charge is -2.12. The number of hydrogen-bond donors (Lipinski definition) is 3. The summed E-state index contributed by atoms with van der Waals surface area (Å²) in [5.74, 6) is -1.42. The topological polar surface area (TPSA) is 130 Å². The molecule has 1 aromatic carbocycles. The molecule has 0 aliphatic rings. The number of hydrogen-bond acceptors (Lipinski definition) is 5. The molecule has 0 saturated carbocycles. The number of aliphatic carboxylic acids is 1. The zero-order chi connectivity index (χ0) is 18.8. The Morgan fingerprint density at radius 2 is 1.50 bits per heavy atom. The summed E-state index contributed by atoms with van der Waals surface area (Å²) in [5, 5.41) is 8.66. The fourth-order valence-electron chi connectivity index (χ4n) is 1.41. The van der Waals surface area contributed by atoms with E-state index in [1.165, 1.54) is 4.72 Å². The normalized spacial score (nSPS) is 14.3. The Hall–Kier alpha value is -1.70. The summed E-state index contributed by atoms with van der Waals surface area (Å²) >= 11 is 0. The van der Waals surface area contributed by atoms with Crippen LogP contribution in [-0.4, -0.2) is 46.7 Å². The summed E-state index contributed by atoms with van der Waals surface area (Å²) in [6.45, 7) is -0.688. The molecule has 1 aromatic rings. The lowest BCUT2D eigenvalue weighted by molar-refractivity contribution is -0.138. The SMILES string of the molecule is C[C@@H](NS(=O)(=O)c1ccc(S(=O)(=O)NCC(F)(F)F)cc1)C(=O)O. The minimum Gasteiger partial charge on any atom is -0.480 e. The second-order valence-electron chi connectivity index (χ2n) is 4.59. The van der Waals surface area contributed by atoms with Crippen LogP contribution >= 0.6 is 0 Å². The number of nitrogens with one attached hydrogen (secondary N) is 2. The standard InChI is InChI=1S/C11H13F3N2O6S2/c1-7(10(17)18)16-24(21,22)9-4-2-8(3-5-9)23(19,20)15-6-11(12,13)14/h2-5,7,15-16H,6H2,1H3,(H,17,18)/t7-/m1/s1. The molecule has 8 nitrogen and oxygen atoms in total. The molecule has 1 rings (SSSR count). The summed E-state index contributed by atoms with van der Waals surface area (Å²) < 4.78 is 86.4. The molecule has 0 unspecified atom stereocenters. The average Bonchev–Trinajstić information content (AvgIpc) is 2.44. The quantitative estimate of drug-likeness (QED) is 0.613. The number of carboxylic acid groups (broad SMARTS) is 1. The molecule has 0 spiro atoms. The average molecular weight is 390 g/mol. The van der Waals surface area contributed by atoms with E-state index in [4.69, 9.17) is 5.11 Å². The highest BCUT2D eigenvalue weighted by atomic mass is 32.2. The maximum atomic E-state index is 12.0. The van der Waals surface area contributed by atoms with Gasteiger partial charge in [-0.15, -0.1) is 0 Å². The van der Waals surface area contributed by atoms with Gasteiger partial charge in [-0.05, 0) is 31.2 Å². The van der Waals surface area contributed by atoms with Crippen molar-refractivity contribution in [3.8, 4) is 0 Å². The van der Waals surface area contributed by atoms with E-state index in [0.717, 1.165) is 31.2 Å². The molecule has 0 fully saturated rings. The van der Waals surface area contributed by atoms with Crippen molar-refractivity contribution in [3.63, 3.8) is 0 Å². The molecule has 1 atom stereocenters. The van der Waals surface area contributed by atoms with Crippen molar-refractivity contribution in [2.45, 2.75) is 28.9 Å². The van der Waals surface area contributed by atoms with E-state index in [0.29, 0.717) is 0 Å². The van der Waals surface area contributed by atoms with Crippen molar-refractivity contribution in [1.29, 1.82) is 0 Å². The summed E-state index contributed by atoms with van der Waals surface area (Å²) in [7, 11) is -8.70. The minimum atomic E-state index is -4.74. The van der Waals surface area contributed by atoms with Gasteiger partial charge in [-0.2, -0.15) is 17.9 Å². The first-order chi connectivity index (χ1) is 10.7. The highest BCUT2D eigenvalue weighted by Gasteiger charge is 2.30. The number of halogens is 3. The Morgan fingerprint density at radius 1 is 1.08 bits per heavy atom. The number of carboxylic acids is 1. The summed E-state index contributed by atoms with van der Waals surface area (Å²) in [6.07, 6.45) is -4.74. The van der Waals surface area contributed by atoms with E-state index in [1.807, 2.05) is 4.72 Å². The van der Waals surface area contributed by atoms with Gasteiger partial charge in [0.25, 0.3) is 0 Å². The zero-order valence-electron chi connectivity index (χ0n) is 12.0. The van der Waals surface area contributed by atoms with Crippen LogP contribution in [-0.2, 0) is 24.8 Å². The first-order valence-corrected chi connectivity index (χ1v) is 9.13. The maximum absolute atomic E-state index is 12.0. The largest absolute Gasteiger partial charge is 0.480 e. The molecule has 0 aliphatic carbocycles. The third-order valence-electron chi connectivity index (χ3n) is 2.61. The van der Waals surface area contributed by atoms with Crippen molar-refractivity contribution in [2.24, 2.45) is 0 Å². The summed E-state index contributed by atoms with van der Waals surface area (Å²) in [5.41, 5.74) is 0. The van der Waals surface area contributed by atoms with Gasteiger partial charge in [-0.25, -0.2) is 21.6 Å². The van der Waals surface area contributed by atoms with E-state index >= 15 is 0 Å². The Kier molecular flexibility index (Phi) is 5.97. The van der Waals surface area contributed by atoms with Crippen LogP contribution in [0.15, 0.2) is 34.1 Å². The Morgan fingerprint density at radius 3 is 1.88 bits per heavy atom. The van der Waals surface area contributed by atoms with Crippen molar-refractivity contribution in [2.75, 3.05) is 6.54 Å². The van der Waals surface area contributed by atoms with Gasteiger partial charge in [0.05, 0.1) is 9.79 Å². The molecule has 0 aromatic heterocycles. The van der Waals surface area contributed by atoms with E-state index < -0.39 is 54.6 Å². The number of alkyl halides is 3. The monoisotopic (exact) mass is 390 g/mol. The zero-order valence-corrected chi connectivity index (χ0v) is 13.7. The molecular weight excluding hydrogens is 377 g/mol. The predicted molar refractivity (Wildman–Crippen MR) is 75.1 cm³/mol. The van der Waals surface area contributed by atoms with Gasteiger partial charge in [0.2, 0.25) is 20.0 Å². The molecule has 13 heteroatoms. The van der Waals surface area contributed by atoms with Crippen LogP contribution in [0.1, 0.15) is 6.92 Å². The van der Waals surface area contributed by atoms with Crippen LogP contribution in [0.3, 0.4) is 0 Å². The summed E-state index contributed by atoms with van der Waals surface area (Å²) in [4.78, 5) is 9.63. The molecule has 136 valence electrons. The van der Waals surface area contributed by atoms with Gasteiger partial charge >= 0.3 is 12.1 Å². The van der Waals surface area contributed by atoms with Crippen molar-refractivity contribution < 1.29 is 39.9 Å². The van der Waals surface area contributed by atoms with Gasteiger partial charge in [-0.1, -0.05) is 0 Å². The number of benzene rings is 1. The molecule has 0 saturated heterocycles. The van der Waals surface area contributed by atoms with E-state index in [9.17, 15) is 34.8 Å². The molecule has 0 amide bonds. The first kappa shape index (κ1) is 20.3. The van der Waals surface area contributed by atoms with Crippen LogP contribution in [0, 0.1) is 0 Å². The third-order valence-corrected chi connectivity index (χ3v) is 5.58. The number of sulfonamides is 2. The molecule has 0 heterocycles. The summed E-state index contributed by atoms with van der Waals surface area (Å²) in [6, 6.07) is 1.82. The lowest BCUT2D eigenvalue weighted by atomic mass is 10.4. The maximum Gasteiger partial charge on any atom is 0.402 e. The molecule has 0 radical (unpaired) electrons. The molecule has 24 heavy (non-hydrogen) atoms. The van der Waals surface area contributed by atoms with Gasteiger partial charge in [-0.3, -0.25) is 4.79 Å². The van der Waals surface area contributed by atoms with Crippen LogP contribution in [0.4, 0.5) is 13.2 Å². The van der Waals surface area contributed by atoms with Crippen LogP contribution < -0.4 is 9.44 Å². The van der Waals surface area contributed by atoms with E-state index in [1.54, 1.807) is 0 Å². The highest BCUT2D eigenvalue weighted by Crippen LogP contribution is 2.17. The fraction of sp³-hybridized carbons (Fsp3) is 0.364. The molecule has 0 aliphatic heterocycles. The van der Waals surface area contributed by atoms with E-state index in [-0.39, 0.29) is 0 Å². The molecule has 3 N–H and O–H groups in total. The fourth-order valence-corrected chi connectivity index (χ4v) is 3.62. The van der Waals surface area contributed by atoms with Gasteiger partial charge in [0.1, 0.15) is 12.6 Å². The Labute approximate surface area is 135 Å². The number of rotatable bonds is 7. The van der Waals surface area contributed by atoms with Crippen LogP contribution in [0.2, 0.25) is 0 Å². The smallest absolute Gasteiger partial charge is 0.402 e. The lowest BCUT2D eigenvalue weighted by Crippen LogP contribution is -2.38. The first-order valence-electron chi connectivity index (χ1n) is 6.16. The molecular formula is C11H13F3N2O6S2. The Balaban J connectivity index is 2.98. The predicted octanol–water partition coefficient (Wildman–Crippen LogP) is 0.279. The second-order valence-corrected chi connectivity index (χ2v) is 8.07. The van der Waals surface area contributed by atoms with Crippen molar-refractivity contribution in [3.05, 3.63) is 24.3 Å². The van der Waals surface area contributed by atoms with Gasteiger partial charge < -0.3 is 5.11 Å². The van der Waals surface area contributed by atoms with Gasteiger partial charge in [0.15, 0.2) is 0 Å². The van der Waals surface area contributed by atoms with Crippen molar-refractivity contribution in [1.82, 2.24) is 9.44 Å². The second kappa shape index (κ2) is 7.04. The van der Waals surface area contributed by atoms with Crippen LogP contribution in [0.5, 0.6) is 0 Å². The van der Waals surface area contributed by atoms with Crippen LogP contribution in [0.25, 0.3) is 0 Å². The van der Waals surface area contributed by atoms with E-state index in [2.05, 4.69) is 0 Å². The molecule has 0 bridgehead atoms. The minimum absolute atomic E-state index is 0.439. The van der Waals surface area contributed by atoms with Gasteiger partial charge in [0, 0.05) is 0 Å². The third kappa shape index (κ3) is 5.74. The number of carbonyl (C=O) groups is 1. The Bertz CT molecular complexity index is 803. The van der Waals surface area contributed by atoms with Crippen molar-refractivity contribution >= 4 is 26.0 Å².